The highest BCUT2D eigenvalue weighted by molar-refractivity contribution is 7.89. The third-order valence-electron chi connectivity index (χ3n) is 4.18. The third kappa shape index (κ3) is 5.26. The van der Waals surface area contributed by atoms with Gasteiger partial charge in [-0.2, -0.15) is 0 Å². The quantitative estimate of drug-likeness (QED) is 0.797. The van der Waals surface area contributed by atoms with Crippen molar-refractivity contribution in [1.29, 1.82) is 0 Å². The van der Waals surface area contributed by atoms with Crippen molar-refractivity contribution >= 4 is 21.6 Å². The number of nitrogens with two attached hydrogens (primary N) is 1. The highest BCUT2D eigenvalue weighted by Crippen LogP contribution is 2.30. The van der Waals surface area contributed by atoms with Crippen LogP contribution in [0.25, 0.3) is 0 Å². The predicted octanol–water partition coefficient (Wildman–Crippen LogP) is 1.84. The van der Waals surface area contributed by atoms with Gasteiger partial charge in [-0.1, -0.05) is 27.7 Å². The molecule has 0 aliphatic carbocycles. The number of sulfonamides is 1. The fraction of sp³-hybridized carbons (Fsp3) is 0.611. The average molecular weight is 368 g/mol. The van der Waals surface area contributed by atoms with E-state index in [4.69, 9.17) is 5.14 Å². The Labute approximate surface area is 151 Å². The van der Waals surface area contributed by atoms with E-state index in [1.54, 1.807) is 17.0 Å². The number of anilines is 1. The smallest absolute Gasteiger partial charge is 0.241 e. The first kappa shape index (κ1) is 19.9. The summed E-state index contributed by atoms with van der Waals surface area (Å²) < 4.78 is 23.0. The molecule has 1 aromatic carbocycles. The zero-order valence-electron chi connectivity index (χ0n) is 15.5. The molecule has 2 rings (SSSR count). The second-order valence-electron chi connectivity index (χ2n) is 7.61. The van der Waals surface area contributed by atoms with Crippen molar-refractivity contribution in [1.82, 2.24) is 4.90 Å². The summed E-state index contributed by atoms with van der Waals surface area (Å²) in [6, 6.07) is 4.74. The maximum atomic E-state index is 12.8. The van der Waals surface area contributed by atoms with Crippen LogP contribution in [0.2, 0.25) is 0 Å². The Morgan fingerprint density at radius 1 is 1.20 bits per heavy atom. The van der Waals surface area contributed by atoms with Crippen molar-refractivity contribution in [3.8, 4) is 0 Å². The SMILES string of the molecule is CC(C)CN(CC(=O)N1CCc2cc(S(N)(=O)=O)ccc21)CC(C)C. The molecule has 0 saturated carbocycles. The van der Waals surface area contributed by atoms with Gasteiger partial charge in [0.05, 0.1) is 11.4 Å². The van der Waals surface area contributed by atoms with E-state index in [9.17, 15) is 13.2 Å². The Morgan fingerprint density at radius 3 is 2.32 bits per heavy atom. The molecule has 0 spiro atoms. The molecule has 0 fully saturated rings. The number of nitrogens with zero attached hydrogens (tertiary/aromatic N) is 2. The van der Waals surface area contributed by atoms with Gasteiger partial charge in [-0.3, -0.25) is 9.69 Å². The minimum absolute atomic E-state index is 0.0587. The number of hydrogen-bond donors (Lipinski definition) is 1. The highest BCUT2D eigenvalue weighted by Gasteiger charge is 2.27. The van der Waals surface area contributed by atoms with E-state index in [1.165, 1.54) is 6.07 Å². The minimum atomic E-state index is -3.72. The normalized spacial score (nSPS) is 14.6. The van der Waals surface area contributed by atoms with E-state index in [0.29, 0.717) is 31.3 Å². The molecule has 1 aliphatic heterocycles. The van der Waals surface area contributed by atoms with Crippen molar-refractivity contribution in [2.75, 3.05) is 31.1 Å². The molecular formula is C18H29N3O3S. The molecule has 1 amide bonds. The largest absolute Gasteiger partial charge is 0.311 e. The van der Waals surface area contributed by atoms with Crippen LogP contribution >= 0.6 is 0 Å². The van der Waals surface area contributed by atoms with Crippen molar-refractivity contribution in [2.24, 2.45) is 17.0 Å². The fourth-order valence-corrected chi connectivity index (χ4v) is 3.89. The Kier molecular flexibility index (Phi) is 6.24. The van der Waals surface area contributed by atoms with Crippen molar-refractivity contribution in [3.05, 3.63) is 23.8 Å². The lowest BCUT2D eigenvalue weighted by Gasteiger charge is -2.28. The van der Waals surface area contributed by atoms with Crippen LogP contribution in [-0.2, 0) is 21.2 Å². The molecule has 0 bridgehead atoms. The summed E-state index contributed by atoms with van der Waals surface area (Å²) in [6.45, 7) is 11.3. The van der Waals surface area contributed by atoms with Crippen LogP contribution in [-0.4, -0.2) is 45.4 Å². The first-order valence-corrected chi connectivity index (χ1v) is 10.3. The zero-order chi connectivity index (χ0) is 18.8. The molecule has 0 radical (unpaired) electrons. The molecule has 0 unspecified atom stereocenters. The van der Waals surface area contributed by atoms with Gasteiger partial charge in [0.15, 0.2) is 0 Å². The molecule has 7 heteroatoms. The molecule has 2 N–H and O–H groups in total. The highest BCUT2D eigenvalue weighted by atomic mass is 32.2. The van der Waals surface area contributed by atoms with Crippen molar-refractivity contribution in [2.45, 2.75) is 39.0 Å². The monoisotopic (exact) mass is 367 g/mol. The van der Waals surface area contributed by atoms with Gasteiger partial charge in [-0.05, 0) is 42.0 Å². The number of primary sulfonamides is 1. The van der Waals surface area contributed by atoms with E-state index in [0.717, 1.165) is 24.3 Å². The fourth-order valence-electron chi connectivity index (χ4n) is 3.33. The van der Waals surface area contributed by atoms with Crippen LogP contribution in [0.5, 0.6) is 0 Å². The summed E-state index contributed by atoms with van der Waals surface area (Å²) in [5, 5.41) is 5.19. The molecule has 140 valence electrons. The lowest BCUT2D eigenvalue weighted by atomic mass is 10.1. The number of benzene rings is 1. The summed E-state index contributed by atoms with van der Waals surface area (Å²) in [5.41, 5.74) is 1.66. The van der Waals surface area contributed by atoms with Crippen LogP contribution in [0.1, 0.15) is 33.3 Å². The Morgan fingerprint density at radius 2 is 1.80 bits per heavy atom. The first-order valence-electron chi connectivity index (χ1n) is 8.76. The van der Waals surface area contributed by atoms with Crippen LogP contribution in [0.3, 0.4) is 0 Å². The lowest BCUT2D eigenvalue weighted by Crippen LogP contribution is -2.42. The number of amides is 1. The summed E-state index contributed by atoms with van der Waals surface area (Å²) >= 11 is 0. The Hall–Kier alpha value is -1.44. The molecule has 6 nitrogen and oxygen atoms in total. The van der Waals surface area contributed by atoms with Gasteiger partial charge in [0.25, 0.3) is 0 Å². The van der Waals surface area contributed by atoms with Crippen molar-refractivity contribution in [3.63, 3.8) is 0 Å². The zero-order valence-corrected chi connectivity index (χ0v) is 16.3. The Bertz CT molecular complexity index is 719. The summed E-state index contributed by atoms with van der Waals surface area (Å²) in [7, 11) is -3.72. The van der Waals surface area contributed by atoms with Crippen LogP contribution in [0.15, 0.2) is 23.1 Å². The molecule has 1 aliphatic rings. The van der Waals surface area contributed by atoms with Crippen LogP contribution < -0.4 is 10.0 Å². The first-order chi connectivity index (χ1) is 11.6. The van der Waals surface area contributed by atoms with Crippen LogP contribution in [0, 0.1) is 11.8 Å². The maximum Gasteiger partial charge on any atom is 0.241 e. The van der Waals surface area contributed by atoms with Gasteiger partial charge in [-0.25, -0.2) is 13.6 Å². The Balaban J connectivity index is 2.14. The van der Waals surface area contributed by atoms with Crippen molar-refractivity contribution < 1.29 is 13.2 Å². The average Bonchev–Trinajstić information content (AvgIpc) is 2.87. The minimum Gasteiger partial charge on any atom is -0.311 e. The second kappa shape index (κ2) is 7.85. The van der Waals surface area contributed by atoms with Gasteiger partial charge in [-0.15, -0.1) is 0 Å². The summed E-state index contributed by atoms with van der Waals surface area (Å²) in [4.78, 5) is 16.9. The molecule has 0 atom stereocenters. The summed E-state index contributed by atoms with van der Waals surface area (Å²) in [6.07, 6.45) is 0.652. The number of fused-ring (bicyclic) bond motifs is 1. The molecule has 0 saturated heterocycles. The van der Waals surface area contributed by atoms with E-state index >= 15 is 0 Å². The van der Waals surface area contributed by atoms with E-state index in [2.05, 4.69) is 32.6 Å². The maximum absolute atomic E-state index is 12.8. The topological polar surface area (TPSA) is 83.7 Å². The van der Waals surface area contributed by atoms with E-state index in [-0.39, 0.29) is 10.8 Å². The molecule has 0 aromatic heterocycles. The van der Waals surface area contributed by atoms with Gasteiger partial charge >= 0.3 is 0 Å². The summed E-state index contributed by atoms with van der Waals surface area (Å²) in [5.74, 6) is 1.05. The molecular weight excluding hydrogens is 338 g/mol. The molecule has 1 aromatic rings. The second-order valence-corrected chi connectivity index (χ2v) is 9.17. The molecule has 25 heavy (non-hydrogen) atoms. The number of carbonyl (C=O) groups is 1. The third-order valence-corrected chi connectivity index (χ3v) is 5.09. The standard InChI is InChI=1S/C18H29N3O3S/c1-13(2)10-20(11-14(3)4)12-18(22)21-8-7-15-9-16(25(19,23)24)5-6-17(15)21/h5-6,9,13-14H,7-8,10-12H2,1-4H3,(H2,19,23,24). The van der Waals surface area contributed by atoms with E-state index < -0.39 is 10.0 Å². The number of rotatable bonds is 7. The van der Waals surface area contributed by atoms with Gasteiger partial charge < -0.3 is 4.90 Å². The van der Waals surface area contributed by atoms with Crippen LogP contribution in [0.4, 0.5) is 5.69 Å². The van der Waals surface area contributed by atoms with Gasteiger partial charge in [0, 0.05) is 25.3 Å². The van der Waals surface area contributed by atoms with Gasteiger partial charge in [0.2, 0.25) is 15.9 Å². The number of hydrogen-bond acceptors (Lipinski definition) is 4. The van der Waals surface area contributed by atoms with E-state index in [1.807, 2.05) is 0 Å². The molecule has 1 heterocycles. The predicted molar refractivity (Wildman–Crippen MR) is 100.0 cm³/mol. The number of carbonyl (C=O) groups excluding carboxylic acids is 1. The lowest BCUT2D eigenvalue weighted by molar-refractivity contribution is -0.119. The van der Waals surface area contributed by atoms with Gasteiger partial charge in [0.1, 0.15) is 0 Å².